The summed E-state index contributed by atoms with van der Waals surface area (Å²) in [6, 6.07) is 12.8. The molecule has 2 aromatic carbocycles. The minimum atomic E-state index is -3.79. The molecule has 3 rings (SSSR count). The molecule has 9 heteroatoms. The van der Waals surface area contributed by atoms with Crippen molar-refractivity contribution in [2.45, 2.75) is 32.1 Å². The average molecular weight is 460 g/mol. The van der Waals surface area contributed by atoms with E-state index in [-0.39, 0.29) is 15.9 Å². The molecule has 1 aromatic heterocycles. The number of nitrogens with zero attached hydrogens (tertiary/aromatic N) is 1. The molecule has 0 atom stereocenters. The Balaban J connectivity index is 1.64. The summed E-state index contributed by atoms with van der Waals surface area (Å²) in [6.45, 7) is 5.78. The number of rotatable bonds is 8. The van der Waals surface area contributed by atoms with Crippen LogP contribution in [0.15, 0.2) is 47.4 Å². The largest absolute Gasteiger partial charge is 0.497 e. The topological polar surface area (TPSA) is 97.4 Å². The maximum Gasteiger partial charge on any atom is 0.263 e. The van der Waals surface area contributed by atoms with Gasteiger partial charge in [-0.1, -0.05) is 41.2 Å². The molecule has 7 nitrogen and oxygen atoms in total. The second kappa shape index (κ2) is 9.49. The SMILES string of the molecule is COc1ccc(CCNC(=O)c2sc(NS(=O)(=O)c3ccc(C)cc3C)nc2C)cc1. The third kappa shape index (κ3) is 5.62. The van der Waals surface area contributed by atoms with Crippen molar-refractivity contribution in [1.82, 2.24) is 10.3 Å². The molecule has 1 heterocycles. The summed E-state index contributed by atoms with van der Waals surface area (Å²) < 4.78 is 33.1. The summed E-state index contributed by atoms with van der Waals surface area (Å²) in [6.07, 6.45) is 0.666. The first kappa shape index (κ1) is 22.8. The highest BCUT2D eigenvalue weighted by molar-refractivity contribution is 7.93. The lowest BCUT2D eigenvalue weighted by atomic mass is 10.1. The van der Waals surface area contributed by atoms with Gasteiger partial charge < -0.3 is 10.1 Å². The highest BCUT2D eigenvalue weighted by Crippen LogP contribution is 2.26. The van der Waals surface area contributed by atoms with Crippen LogP contribution in [0, 0.1) is 20.8 Å². The van der Waals surface area contributed by atoms with Gasteiger partial charge in [0.05, 0.1) is 17.7 Å². The van der Waals surface area contributed by atoms with Crippen LogP contribution in [0.25, 0.3) is 0 Å². The van der Waals surface area contributed by atoms with Gasteiger partial charge >= 0.3 is 0 Å². The Morgan fingerprint density at radius 1 is 1.10 bits per heavy atom. The molecule has 0 radical (unpaired) electrons. The molecule has 0 aliphatic heterocycles. The second-order valence-corrected chi connectivity index (χ2v) is 9.81. The molecule has 2 N–H and O–H groups in total. The third-order valence-corrected chi connectivity index (χ3v) is 7.40. The summed E-state index contributed by atoms with van der Waals surface area (Å²) >= 11 is 1.02. The molecular formula is C22H25N3O4S2. The van der Waals surface area contributed by atoms with Crippen molar-refractivity contribution in [3.05, 3.63) is 69.7 Å². The van der Waals surface area contributed by atoms with E-state index in [0.29, 0.717) is 29.1 Å². The summed E-state index contributed by atoms with van der Waals surface area (Å²) in [7, 11) is -2.18. The normalized spacial score (nSPS) is 11.2. The molecule has 164 valence electrons. The lowest BCUT2D eigenvalue weighted by Gasteiger charge is -2.08. The zero-order valence-corrected chi connectivity index (χ0v) is 19.5. The number of aryl methyl sites for hydroxylation is 3. The highest BCUT2D eigenvalue weighted by Gasteiger charge is 2.21. The lowest BCUT2D eigenvalue weighted by molar-refractivity contribution is 0.0957. The Morgan fingerprint density at radius 3 is 2.45 bits per heavy atom. The Bertz CT molecular complexity index is 1190. The molecule has 0 spiro atoms. The minimum absolute atomic E-state index is 0.165. The number of carbonyl (C=O) groups excluding carboxylic acids is 1. The first-order valence-corrected chi connectivity index (χ1v) is 12.0. The smallest absolute Gasteiger partial charge is 0.263 e. The van der Waals surface area contributed by atoms with E-state index in [9.17, 15) is 13.2 Å². The van der Waals surface area contributed by atoms with Crippen molar-refractivity contribution in [2.24, 2.45) is 0 Å². The maximum absolute atomic E-state index is 12.7. The summed E-state index contributed by atoms with van der Waals surface area (Å²) in [5.41, 5.74) is 3.18. The molecule has 0 unspecified atom stereocenters. The van der Waals surface area contributed by atoms with E-state index in [4.69, 9.17) is 4.74 Å². The first-order valence-electron chi connectivity index (χ1n) is 9.68. The van der Waals surface area contributed by atoms with Gasteiger partial charge in [0, 0.05) is 6.54 Å². The van der Waals surface area contributed by atoms with Gasteiger partial charge in [-0.3, -0.25) is 9.52 Å². The minimum Gasteiger partial charge on any atom is -0.497 e. The molecule has 0 aliphatic carbocycles. The molecule has 0 saturated heterocycles. The van der Waals surface area contributed by atoms with Gasteiger partial charge in [-0.2, -0.15) is 0 Å². The fourth-order valence-electron chi connectivity index (χ4n) is 3.11. The van der Waals surface area contributed by atoms with Crippen LogP contribution in [0.3, 0.4) is 0 Å². The van der Waals surface area contributed by atoms with Crippen LogP contribution in [0.5, 0.6) is 5.75 Å². The van der Waals surface area contributed by atoms with E-state index in [1.54, 1.807) is 33.1 Å². The number of ether oxygens (including phenoxy) is 1. The van der Waals surface area contributed by atoms with Crippen molar-refractivity contribution in [1.29, 1.82) is 0 Å². The van der Waals surface area contributed by atoms with Gasteiger partial charge in [0.25, 0.3) is 15.9 Å². The van der Waals surface area contributed by atoms with Gasteiger partial charge in [-0.15, -0.1) is 0 Å². The van der Waals surface area contributed by atoms with Crippen LogP contribution >= 0.6 is 11.3 Å². The van der Waals surface area contributed by atoms with Crippen molar-refractivity contribution < 1.29 is 17.9 Å². The number of hydrogen-bond donors (Lipinski definition) is 2. The van der Waals surface area contributed by atoms with E-state index < -0.39 is 10.0 Å². The summed E-state index contributed by atoms with van der Waals surface area (Å²) in [4.78, 5) is 17.4. The average Bonchev–Trinajstić information content (AvgIpc) is 3.07. The van der Waals surface area contributed by atoms with Gasteiger partial charge in [0.1, 0.15) is 10.6 Å². The Hall–Kier alpha value is -2.91. The van der Waals surface area contributed by atoms with Crippen LogP contribution in [-0.2, 0) is 16.4 Å². The van der Waals surface area contributed by atoms with Crippen LogP contribution < -0.4 is 14.8 Å². The van der Waals surface area contributed by atoms with Crippen molar-refractivity contribution >= 4 is 32.4 Å². The number of thiazole rings is 1. The van der Waals surface area contributed by atoms with E-state index in [0.717, 1.165) is 28.2 Å². The Kier molecular flexibility index (Phi) is 6.97. The number of anilines is 1. The van der Waals surface area contributed by atoms with E-state index in [2.05, 4.69) is 15.0 Å². The van der Waals surface area contributed by atoms with Gasteiger partial charge in [0.15, 0.2) is 5.13 Å². The number of benzene rings is 2. The number of methoxy groups -OCH3 is 1. The second-order valence-electron chi connectivity index (χ2n) is 7.16. The maximum atomic E-state index is 12.7. The zero-order valence-electron chi connectivity index (χ0n) is 17.9. The number of hydrogen-bond acceptors (Lipinski definition) is 6. The van der Waals surface area contributed by atoms with Gasteiger partial charge in [-0.05, 0) is 56.5 Å². The standard InChI is InChI=1S/C22H25N3O4S2/c1-14-5-10-19(15(2)13-14)31(27,28)25-22-24-16(3)20(30-22)21(26)23-12-11-17-6-8-18(29-4)9-7-17/h5-10,13H,11-12H2,1-4H3,(H,23,26)(H,24,25). The first-order chi connectivity index (χ1) is 14.7. The molecular weight excluding hydrogens is 434 g/mol. The molecule has 1 amide bonds. The molecule has 3 aromatic rings. The quantitative estimate of drug-likeness (QED) is 0.533. The van der Waals surface area contributed by atoms with Crippen molar-refractivity contribution in [3.63, 3.8) is 0 Å². The van der Waals surface area contributed by atoms with Gasteiger partial charge in [0.2, 0.25) is 0 Å². The third-order valence-electron chi connectivity index (χ3n) is 4.70. The molecule has 0 fully saturated rings. The number of amides is 1. The number of carbonyl (C=O) groups is 1. The molecule has 0 aliphatic rings. The predicted molar refractivity (Wildman–Crippen MR) is 123 cm³/mol. The van der Waals surface area contributed by atoms with E-state index in [1.807, 2.05) is 37.3 Å². The van der Waals surface area contributed by atoms with Crippen LogP contribution in [0.4, 0.5) is 5.13 Å². The van der Waals surface area contributed by atoms with Crippen LogP contribution in [0.2, 0.25) is 0 Å². The number of sulfonamides is 1. The lowest BCUT2D eigenvalue weighted by Crippen LogP contribution is -2.25. The zero-order chi connectivity index (χ0) is 22.6. The van der Waals surface area contributed by atoms with Crippen molar-refractivity contribution in [3.8, 4) is 5.75 Å². The summed E-state index contributed by atoms with van der Waals surface area (Å²) in [5, 5.41) is 3.03. The van der Waals surface area contributed by atoms with E-state index >= 15 is 0 Å². The van der Waals surface area contributed by atoms with Gasteiger partial charge in [-0.25, -0.2) is 13.4 Å². The molecule has 0 bridgehead atoms. The fourth-order valence-corrected chi connectivity index (χ4v) is 5.46. The summed E-state index contributed by atoms with van der Waals surface area (Å²) in [5.74, 6) is 0.504. The Morgan fingerprint density at radius 2 is 1.81 bits per heavy atom. The highest BCUT2D eigenvalue weighted by atomic mass is 32.2. The van der Waals surface area contributed by atoms with Crippen molar-refractivity contribution in [2.75, 3.05) is 18.4 Å². The Labute approximate surface area is 186 Å². The number of aromatic nitrogens is 1. The monoisotopic (exact) mass is 459 g/mol. The predicted octanol–water partition coefficient (Wildman–Crippen LogP) is 3.85. The van der Waals surface area contributed by atoms with Crippen LogP contribution in [0.1, 0.15) is 32.1 Å². The van der Waals surface area contributed by atoms with Crippen LogP contribution in [-0.4, -0.2) is 33.0 Å². The number of nitrogens with one attached hydrogen (secondary N) is 2. The van der Waals surface area contributed by atoms with E-state index in [1.165, 1.54) is 0 Å². The molecule has 31 heavy (non-hydrogen) atoms. The molecule has 0 saturated carbocycles. The fraction of sp³-hybridized carbons (Fsp3) is 0.273.